The molecule has 0 spiro atoms. The van der Waals surface area contributed by atoms with Gasteiger partial charge in [0, 0.05) is 17.1 Å². The van der Waals surface area contributed by atoms with Crippen LogP contribution in [0.2, 0.25) is 0 Å². The van der Waals surface area contributed by atoms with E-state index in [-0.39, 0.29) is 0 Å². The molecular formula is C52H37N. The van der Waals surface area contributed by atoms with Gasteiger partial charge < -0.3 is 4.90 Å². The summed E-state index contributed by atoms with van der Waals surface area (Å²) in [5, 5.41) is 2.51. The third kappa shape index (κ3) is 6.42. The lowest BCUT2D eigenvalue weighted by atomic mass is 9.91. The molecule has 9 aromatic rings. The number of benzene rings is 9. The van der Waals surface area contributed by atoms with Gasteiger partial charge in [0.2, 0.25) is 0 Å². The van der Waals surface area contributed by atoms with Gasteiger partial charge in [0.05, 0.1) is 0 Å². The van der Waals surface area contributed by atoms with Crippen molar-refractivity contribution in [2.45, 2.75) is 0 Å². The third-order valence-electron chi connectivity index (χ3n) is 10.1. The Bertz CT molecular complexity index is 2600. The summed E-state index contributed by atoms with van der Waals surface area (Å²) in [6.07, 6.45) is 0. The minimum absolute atomic E-state index is 1.10. The zero-order chi connectivity index (χ0) is 35.4. The van der Waals surface area contributed by atoms with Crippen molar-refractivity contribution in [3.8, 4) is 55.6 Å². The van der Waals surface area contributed by atoms with Gasteiger partial charge >= 0.3 is 0 Å². The van der Waals surface area contributed by atoms with Crippen molar-refractivity contribution in [3.05, 3.63) is 224 Å². The number of nitrogens with zero attached hydrogens (tertiary/aromatic N) is 1. The van der Waals surface area contributed by atoms with E-state index in [1.807, 2.05) is 0 Å². The quantitative estimate of drug-likeness (QED) is 0.155. The molecule has 9 rings (SSSR count). The summed E-state index contributed by atoms with van der Waals surface area (Å²) in [6.45, 7) is 0. The minimum atomic E-state index is 1.10. The first-order chi connectivity index (χ1) is 26.3. The number of anilines is 3. The van der Waals surface area contributed by atoms with Crippen molar-refractivity contribution in [1.29, 1.82) is 0 Å². The molecule has 0 aliphatic rings. The fourth-order valence-corrected chi connectivity index (χ4v) is 7.50. The Morgan fingerprint density at radius 3 is 0.962 bits per heavy atom. The topological polar surface area (TPSA) is 3.24 Å². The lowest BCUT2D eigenvalue weighted by Crippen LogP contribution is -2.09. The first kappa shape index (κ1) is 32.0. The van der Waals surface area contributed by atoms with Gasteiger partial charge in [0.15, 0.2) is 0 Å². The second-order valence-corrected chi connectivity index (χ2v) is 13.3. The van der Waals surface area contributed by atoms with Crippen LogP contribution in [-0.4, -0.2) is 0 Å². The molecule has 0 amide bonds. The zero-order valence-electron chi connectivity index (χ0n) is 29.3. The maximum absolute atomic E-state index is 2.35. The summed E-state index contributed by atoms with van der Waals surface area (Å²) in [4.78, 5) is 2.35. The second-order valence-electron chi connectivity index (χ2n) is 13.3. The molecule has 0 saturated carbocycles. The van der Waals surface area contributed by atoms with E-state index in [0.29, 0.717) is 0 Å². The molecule has 0 N–H and O–H groups in total. The molecule has 0 atom stereocenters. The van der Waals surface area contributed by atoms with E-state index in [9.17, 15) is 0 Å². The van der Waals surface area contributed by atoms with Gasteiger partial charge in [0.1, 0.15) is 0 Å². The van der Waals surface area contributed by atoms with Crippen molar-refractivity contribution >= 4 is 27.8 Å². The van der Waals surface area contributed by atoms with Crippen molar-refractivity contribution in [3.63, 3.8) is 0 Å². The number of hydrogen-bond donors (Lipinski definition) is 0. The number of hydrogen-bond acceptors (Lipinski definition) is 1. The average Bonchev–Trinajstić information content (AvgIpc) is 3.25. The predicted octanol–water partition coefficient (Wildman–Crippen LogP) is 14.6. The number of fused-ring (bicyclic) bond motifs is 1. The first-order valence-electron chi connectivity index (χ1n) is 18.2. The Labute approximate surface area is 311 Å². The van der Waals surface area contributed by atoms with E-state index in [2.05, 4.69) is 229 Å². The molecule has 0 fully saturated rings. The fourth-order valence-electron chi connectivity index (χ4n) is 7.50. The van der Waals surface area contributed by atoms with Gasteiger partial charge in [-0.3, -0.25) is 0 Å². The maximum Gasteiger partial charge on any atom is 0.0462 e. The first-order valence-corrected chi connectivity index (χ1v) is 18.2. The SMILES string of the molecule is c1ccc(-c2ccc(N(c3ccc(-c4ccccc4-c4ccccc4)cc3)c3ccc(-c4cccc5cccc(-c6ccccc6)c45)cc3)cc2)cc1. The summed E-state index contributed by atoms with van der Waals surface area (Å²) >= 11 is 0. The lowest BCUT2D eigenvalue weighted by Gasteiger charge is -2.26. The third-order valence-corrected chi connectivity index (χ3v) is 10.1. The molecule has 0 bridgehead atoms. The molecule has 0 unspecified atom stereocenters. The standard InChI is InChI=1S/C52H37N/c1-4-14-38(15-5-1)39-26-32-45(33-27-39)53(46-34-28-42(29-35-46)49-23-11-10-22-48(49)40-16-6-2-7-17-40)47-36-30-43(31-37-47)51-25-13-21-44-20-12-24-50(52(44)51)41-18-8-3-9-19-41/h1-37H. The summed E-state index contributed by atoms with van der Waals surface area (Å²) in [6, 6.07) is 80.7. The van der Waals surface area contributed by atoms with Crippen molar-refractivity contribution in [2.75, 3.05) is 4.90 Å². The molecule has 1 nitrogen and oxygen atoms in total. The van der Waals surface area contributed by atoms with Crippen LogP contribution in [0, 0.1) is 0 Å². The smallest absolute Gasteiger partial charge is 0.0462 e. The summed E-state index contributed by atoms with van der Waals surface area (Å²) in [5.41, 5.74) is 15.5. The van der Waals surface area contributed by atoms with E-state index >= 15 is 0 Å². The highest BCUT2D eigenvalue weighted by molar-refractivity contribution is 6.06. The Balaban J connectivity index is 1.12. The molecule has 250 valence electrons. The van der Waals surface area contributed by atoms with Gasteiger partial charge in [-0.25, -0.2) is 0 Å². The maximum atomic E-state index is 2.35. The molecule has 9 aromatic carbocycles. The molecule has 0 heterocycles. The van der Waals surface area contributed by atoms with Crippen LogP contribution in [0.15, 0.2) is 224 Å². The van der Waals surface area contributed by atoms with Crippen LogP contribution >= 0.6 is 0 Å². The monoisotopic (exact) mass is 675 g/mol. The minimum Gasteiger partial charge on any atom is -0.311 e. The Morgan fingerprint density at radius 1 is 0.208 bits per heavy atom. The van der Waals surface area contributed by atoms with Gasteiger partial charge in [-0.1, -0.05) is 188 Å². The van der Waals surface area contributed by atoms with Gasteiger partial charge in [0.25, 0.3) is 0 Å². The Morgan fingerprint density at radius 2 is 0.509 bits per heavy atom. The highest BCUT2D eigenvalue weighted by atomic mass is 15.1. The molecule has 0 saturated heterocycles. The lowest BCUT2D eigenvalue weighted by molar-refractivity contribution is 1.28. The van der Waals surface area contributed by atoms with Crippen LogP contribution in [0.5, 0.6) is 0 Å². The highest BCUT2D eigenvalue weighted by Gasteiger charge is 2.16. The average molecular weight is 676 g/mol. The van der Waals surface area contributed by atoms with E-state index in [1.165, 1.54) is 66.4 Å². The highest BCUT2D eigenvalue weighted by Crippen LogP contribution is 2.41. The van der Waals surface area contributed by atoms with Crippen LogP contribution < -0.4 is 4.90 Å². The Kier molecular flexibility index (Phi) is 8.66. The van der Waals surface area contributed by atoms with Gasteiger partial charge in [-0.15, -0.1) is 0 Å². The van der Waals surface area contributed by atoms with Crippen molar-refractivity contribution in [1.82, 2.24) is 0 Å². The molecule has 0 radical (unpaired) electrons. The van der Waals surface area contributed by atoms with Crippen LogP contribution in [0.1, 0.15) is 0 Å². The summed E-state index contributed by atoms with van der Waals surface area (Å²) in [5.74, 6) is 0. The molecule has 1 heteroatoms. The predicted molar refractivity (Wildman–Crippen MR) is 226 cm³/mol. The summed E-state index contributed by atoms with van der Waals surface area (Å²) < 4.78 is 0. The largest absolute Gasteiger partial charge is 0.311 e. The number of rotatable bonds is 8. The Hall–Kier alpha value is -6.96. The van der Waals surface area contributed by atoms with E-state index in [1.54, 1.807) is 0 Å². The van der Waals surface area contributed by atoms with Gasteiger partial charge in [-0.05, 0) is 103 Å². The van der Waals surface area contributed by atoms with Crippen molar-refractivity contribution < 1.29 is 0 Å². The van der Waals surface area contributed by atoms with E-state index in [0.717, 1.165) is 17.1 Å². The molecular weight excluding hydrogens is 639 g/mol. The van der Waals surface area contributed by atoms with Gasteiger partial charge in [-0.2, -0.15) is 0 Å². The van der Waals surface area contributed by atoms with Crippen molar-refractivity contribution in [2.24, 2.45) is 0 Å². The molecule has 0 aromatic heterocycles. The van der Waals surface area contributed by atoms with E-state index in [4.69, 9.17) is 0 Å². The molecule has 53 heavy (non-hydrogen) atoms. The summed E-state index contributed by atoms with van der Waals surface area (Å²) in [7, 11) is 0. The van der Waals surface area contributed by atoms with E-state index < -0.39 is 0 Å². The zero-order valence-corrected chi connectivity index (χ0v) is 29.3. The van der Waals surface area contributed by atoms with Crippen LogP contribution in [-0.2, 0) is 0 Å². The second kappa shape index (κ2) is 14.3. The molecule has 0 aliphatic heterocycles. The van der Waals surface area contributed by atoms with Crippen LogP contribution in [0.25, 0.3) is 66.4 Å². The fraction of sp³-hybridized carbons (Fsp3) is 0. The normalized spacial score (nSPS) is 11.0. The van der Waals surface area contributed by atoms with Crippen LogP contribution in [0.3, 0.4) is 0 Å². The van der Waals surface area contributed by atoms with Crippen LogP contribution in [0.4, 0.5) is 17.1 Å². The molecule has 0 aliphatic carbocycles.